The van der Waals surface area contributed by atoms with Gasteiger partial charge in [0.15, 0.2) is 0 Å². The number of hydrogen-bond acceptors (Lipinski definition) is 6. The third-order valence-electron chi connectivity index (χ3n) is 4.98. The highest BCUT2D eigenvalue weighted by atomic mass is 35.5. The van der Waals surface area contributed by atoms with Gasteiger partial charge in [-0.2, -0.15) is 4.98 Å². The lowest BCUT2D eigenvalue weighted by Crippen LogP contribution is -2.45. The Morgan fingerprint density at radius 3 is 2.30 bits per heavy atom. The molecule has 158 valence electrons. The second kappa shape index (κ2) is 8.06. The second-order valence-corrected chi connectivity index (χ2v) is 9.86. The highest BCUT2D eigenvalue weighted by Crippen LogP contribution is 2.37. The van der Waals surface area contributed by atoms with E-state index < -0.39 is 9.84 Å². The Bertz CT molecular complexity index is 1150. The lowest BCUT2D eigenvalue weighted by molar-refractivity contribution is -0.00657. The number of oxazole rings is 1. The number of halogens is 1. The van der Waals surface area contributed by atoms with Crippen molar-refractivity contribution < 1.29 is 17.6 Å². The summed E-state index contributed by atoms with van der Waals surface area (Å²) in [6.45, 7) is 6.80. The van der Waals surface area contributed by atoms with E-state index in [4.69, 9.17) is 20.8 Å². The lowest BCUT2D eigenvalue weighted by Gasteiger charge is -2.35. The van der Waals surface area contributed by atoms with Crippen LogP contribution in [0.2, 0.25) is 5.02 Å². The van der Waals surface area contributed by atoms with E-state index in [1.165, 1.54) is 0 Å². The zero-order valence-electron chi connectivity index (χ0n) is 17.0. The molecule has 4 rings (SSSR count). The van der Waals surface area contributed by atoms with Gasteiger partial charge in [-0.1, -0.05) is 41.4 Å². The quantitative estimate of drug-likeness (QED) is 0.575. The van der Waals surface area contributed by atoms with E-state index in [1.807, 2.05) is 25.7 Å². The number of rotatable bonds is 4. The van der Waals surface area contributed by atoms with Gasteiger partial charge in [0, 0.05) is 13.1 Å². The van der Waals surface area contributed by atoms with Crippen molar-refractivity contribution in [3.63, 3.8) is 0 Å². The molecule has 0 bridgehead atoms. The minimum absolute atomic E-state index is 0.0717. The van der Waals surface area contributed by atoms with Gasteiger partial charge in [-0.3, -0.25) is 0 Å². The van der Waals surface area contributed by atoms with Gasteiger partial charge >= 0.3 is 0 Å². The largest absolute Gasteiger partial charge is 0.419 e. The SMILES string of the molecule is Cc1ccc(S(=O)(=O)c2nc(-c3ccccc3Cl)oc2N2C[C@@H](C)O[C@H](C)C2)cc1. The molecule has 1 saturated heterocycles. The van der Waals surface area contributed by atoms with Crippen molar-refractivity contribution in [2.75, 3.05) is 18.0 Å². The molecule has 1 aliphatic heterocycles. The zero-order valence-corrected chi connectivity index (χ0v) is 18.6. The molecular weight excluding hydrogens is 424 g/mol. The van der Waals surface area contributed by atoms with Crippen LogP contribution < -0.4 is 4.90 Å². The van der Waals surface area contributed by atoms with Crippen LogP contribution in [0.15, 0.2) is 62.9 Å². The molecule has 0 saturated carbocycles. The van der Waals surface area contributed by atoms with Crippen molar-refractivity contribution in [3.8, 4) is 11.5 Å². The number of morpholine rings is 1. The van der Waals surface area contributed by atoms with Crippen molar-refractivity contribution in [3.05, 3.63) is 59.1 Å². The molecule has 2 atom stereocenters. The normalized spacial score (nSPS) is 19.8. The lowest BCUT2D eigenvalue weighted by atomic mass is 10.2. The Kier molecular flexibility index (Phi) is 5.61. The molecule has 8 heteroatoms. The fourth-order valence-electron chi connectivity index (χ4n) is 3.60. The van der Waals surface area contributed by atoms with Crippen LogP contribution in [0.4, 0.5) is 5.88 Å². The molecule has 6 nitrogen and oxygen atoms in total. The summed E-state index contributed by atoms with van der Waals surface area (Å²) in [5.41, 5.74) is 1.52. The fourth-order valence-corrected chi connectivity index (χ4v) is 5.13. The molecule has 30 heavy (non-hydrogen) atoms. The Balaban J connectivity index is 1.87. The second-order valence-electron chi connectivity index (χ2n) is 7.59. The summed E-state index contributed by atoms with van der Waals surface area (Å²) >= 11 is 6.32. The molecule has 2 aromatic carbocycles. The summed E-state index contributed by atoms with van der Waals surface area (Å²) in [6.07, 6.45) is -0.143. The van der Waals surface area contributed by atoms with E-state index in [2.05, 4.69) is 4.98 Å². The molecule has 3 aromatic rings. The number of aryl methyl sites for hydroxylation is 1. The number of anilines is 1. The molecule has 0 radical (unpaired) electrons. The van der Waals surface area contributed by atoms with Gasteiger partial charge in [0.05, 0.1) is 27.7 Å². The summed E-state index contributed by atoms with van der Waals surface area (Å²) in [5.74, 6) is 0.389. The van der Waals surface area contributed by atoms with Crippen molar-refractivity contribution >= 4 is 27.3 Å². The topological polar surface area (TPSA) is 72.6 Å². The van der Waals surface area contributed by atoms with Crippen LogP contribution in [0.1, 0.15) is 19.4 Å². The first-order chi connectivity index (χ1) is 14.3. The maximum Gasteiger partial charge on any atom is 0.236 e. The standard InChI is InChI=1S/C22H23ClN2O4S/c1-14-8-10-17(11-9-14)30(26,27)21-22(25-12-15(2)28-16(3)13-25)29-20(24-21)18-6-4-5-7-19(18)23/h4-11,15-16H,12-13H2,1-3H3/t15-,16-/m1/s1. The van der Waals surface area contributed by atoms with Gasteiger partial charge in [-0.15, -0.1) is 0 Å². The monoisotopic (exact) mass is 446 g/mol. The third kappa shape index (κ3) is 3.97. The van der Waals surface area contributed by atoms with Crippen LogP contribution in [0.3, 0.4) is 0 Å². The molecule has 2 heterocycles. The van der Waals surface area contributed by atoms with E-state index >= 15 is 0 Å². The zero-order chi connectivity index (χ0) is 21.5. The molecule has 0 spiro atoms. The van der Waals surface area contributed by atoms with Gasteiger partial charge in [0.25, 0.3) is 0 Å². The number of ether oxygens (including phenoxy) is 1. The van der Waals surface area contributed by atoms with Crippen LogP contribution in [0.5, 0.6) is 0 Å². The Morgan fingerprint density at radius 2 is 1.67 bits per heavy atom. The maximum atomic E-state index is 13.5. The molecular formula is C22H23ClN2O4S. The summed E-state index contributed by atoms with van der Waals surface area (Å²) in [4.78, 5) is 6.47. The average molecular weight is 447 g/mol. The third-order valence-corrected chi connectivity index (χ3v) is 6.97. The van der Waals surface area contributed by atoms with Gasteiger partial charge in [-0.25, -0.2) is 8.42 Å². The van der Waals surface area contributed by atoms with Crippen LogP contribution in [-0.2, 0) is 14.6 Å². The first kappa shape index (κ1) is 20.9. The molecule has 0 N–H and O–H groups in total. The van der Waals surface area contributed by atoms with Crippen LogP contribution in [0, 0.1) is 6.92 Å². The predicted octanol–water partition coefficient (Wildman–Crippen LogP) is 4.75. The summed E-state index contributed by atoms with van der Waals surface area (Å²) in [7, 11) is -3.90. The molecule has 0 amide bonds. The Morgan fingerprint density at radius 1 is 1.03 bits per heavy atom. The van der Waals surface area contributed by atoms with Gasteiger partial charge in [-0.05, 0) is 45.0 Å². The van der Waals surface area contributed by atoms with E-state index in [-0.39, 0.29) is 33.9 Å². The van der Waals surface area contributed by atoms with E-state index in [0.29, 0.717) is 23.7 Å². The Labute approximate surface area is 181 Å². The van der Waals surface area contributed by atoms with Crippen molar-refractivity contribution in [1.82, 2.24) is 4.98 Å². The van der Waals surface area contributed by atoms with Crippen LogP contribution >= 0.6 is 11.6 Å². The molecule has 1 fully saturated rings. The Hall–Kier alpha value is -2.35. The molecule has 0 aliphatic carbocycles. The average Bonchev–Trinajstić information content (AvgIpc) is 3.14. The number of aromatic nitrogens is 1. The summed E-state index contributed by atoms with van der Waals surface area (Å²) in [6, 6.07) is 13.8. The highest BCUT2D eigenvalue weighted by Gasteiger charge is 2.34. The minimum Gasteiger partial charge on any atom is -0.419 e. The van der Waals surface area contributed by atoms with Crippen molar-refractivity contribution in [2.45, 2.75) is 42.9 Å². The first-order valence-corrected chi connectivity index (χ1v) is 11.6. The molecule has 1 aliphatic rings. The number of hydrogen-bond donors (Lipinski definition) is 0. The van der Waals surface area contributed by atoms with Gasteiger partial charge in [0.2, 0.25) is 26.6 Å². The van der Waals surface area contributed by atoms with Gasteiger partial charge in [0.1, 0.15) is 0 Å². The van der Waals surface area contributed by atoms with Gasteiger partial charge < -0.3 is 14.1 Å². The van der Waals surface area contributed by atoms with Crippen LogP contribution in [-0.4, -0.2) is 38.7 Å². The number of benzene rings is 2. The summed E-state index contributed by atoms with van der Waals surface area (Å²) < 4.78 is 38.8. The van der Waals surface area contributed by atoms with E-state index in [0.717, 1.165) is 5.56 Å². The fraction of sp³-hybridized carbons (Fsp3) is 0.318. The first-order valence-electron chi connectivity index (χ1n) is 9.73. The van der Waals surface area contributed by atoms with E-state index in [1.54, 1.807) is 48.5 Å². The maximum absolute atomic E-state index is 13.5. The number of nitrogens with zero attached hydrogens (tertiary/aromatic N) is 2. The van der Waals surface area contributed by atoms with Crippen LogP contribution in [0.25, 0.3) is 11.5 Å². The number of sulfone groups is 1. The summed E-state index contributed by atoms with van der Waals surface area (Å²) in [5, 5.41) is 0.330. The molecule has 1 aromatic heterocycles. The predicted molar refractivity (Wildman–Crippen MR) is 116 cm³/mol. The molecule has 0 unspecified atom stereocenters. The van der Waals surface area contributed by atoms with E-state index in [9.17, 15) is 8.42 Å². The van der Waals surface area contributed by atoms with Crippen molar-refractivity contribution in [2.24, 2.45) is 0 Å². The smallest absolute Gasteiger partial charge is 0.236 e. The minimum atomic E-state index is -3.90. The van der Waals surface area contributed by atoms with Crippen molar-refractivity contribution in [1.29, 1.82) is 0 Å². The highest BCUT2D eigenvalue weighted by molar-refractivity contribution is 7.91.